The Labute approximate surface area is 198 Å². The van der Waals surface area contributed by atoms with Crippen LogP contribution in [0.25, 0.3) is 0 Å². The van der Waals surface area contributed by atoms with Gasteiger partial charge in [0, 0.05) is 0 Å². The van der Waals surface area contributed by atoms with Crippen LogP contribution in [0.1, 0.15) is 44.6 Å². The molecule has 0 spiro atoms. The second kappa shape index (κ2) is 11.4. The first-order chi connectivity index (χ1) is 11.9. The minimum Gasteiger partial charge on any atom is -0.871 e. The van der Waals surface area contributed by atoms with E-state index in [-0.39, 0.29) is 57.1 Å². The number of ether oxygens (including phenoxy) is 1. The Morgan fingerprint density at radius 2 is 1.65 bits per heavy atom. The molecule has 0 amide bonds. The van der Waals surface area contributed by atoms with Gasteiger partial charge in [-0.1, -0.05) is 68.7 Å². The number of para-hydroxylation sites is 1. The van der Waals surface area contributed by atoms with E-state index in [0.717, 1.165) is 32.1 Å². The average Bonchev–Trinajstić information content (AvgIpc) is 2.56. The fraction of sp³-hybridized carbons (Fsp3) is 0.368. The third-order valence-corrected chi connectivity index (χ3v) is 4.83. The molecule has 0 heterocycles. The van der Waals surface area contributed by atoms with Crippen LogP contribution in [-0.4, -0.2) is 13.0 Å². The first-order valence-corrected chi connectivity index (χ1v) is 9.90. The number of benzene rings is 2. The molecule has 7 heteroatoms. The monoisotopic (exact) mass is 402 g/mol. The Morgan fingerprint density at radius 3 is 2.27 bits per heavy atom. The zero-order chi connectivity index (χ0) is 18.3. The van der Waals surface area contributed by atoms with Gasteiger partial charge in [0.25, 0.3) is 10.1 Å². The van der Waals surface area contributed by atoms with Crippen LogP contribution < -0.4 is 61.2 Å². The summed E-state index contributed by atoms with van der Waals surface area (Å²) in [7, 11) is -4.68. The molecule has 0 fully saturated rings. The molecular formula is C19H23KO5S. The van der Waals surface area contributed by atoms with Gasteiger partial charge in [0.05, 0.1) is 0 Å². The molecular weight excluding hydrogens is 379 g/mol. The van der Waals surface area contributed by atoms with Gasteiger partial charge in [-0.05, 0) is 30.5 Å². The molecule has 2 rings (SSSR count). The van der Waals surface area contributed by atoms with Gasteiger partial charge in [0.15, 0.2) is 5.75 Å². The average molecular weight is 403 g/mol. The van der Waals surface area contributed by atoms with Gasteiger partial charge in [-0.2, -0.15) is 8.42 Å². The second-order valence-corrected chi connectivity index (χ2v) is 7.29. The normalized spacial score (nSPS) is 11.0. The smallest absolute Gasteiger partial charge is 0.871 e. The van der Waals surface area contributed by atoms with Crippen LogP contribution in [0.3, 0.4) is 0 Å². The largest absolute Gasteiger partial charge is 1.00 e. The van der Waals surface area contributed by atoms with E-state index in [1.165, 1.54) is 6.07 Å². The fourth-order valence-corrected chi connectivity index (χ4v) is 3.39. The van der Waals surface area contributed by atoms with Crippen molar-refractivity contribution >= 4 is 10.1 Å². The molecule has 5 nitrogen and oxygen atoms in total. The van der Waals surface area contributed by atoms with Gasteiger partial charge in [-0.25, -0.2) is 0 Å². The number of hydrogen-bond donors (Lipinski definition) is 1. The summed E-state index contributed by atoms with van der Waals surface area (Å²) in [5.41, 5.74) is 0.604. The predicted molar refractivity (Wildman–Crippen MR) is 94.7 cm³/mol. The van der Waals surface area contributed by atoms with Gasteiger partial charge < -0.3 is 9.84 Å². The van der Waals surface area contributed by atoms with E-state index in [2.05, 4.69) is 6.92 Å². The topological polar surface area (TPSA) is 86.7 Å². The van der Waals surface area contributed by atoms with Crippen molar-refractivity contribution in [3.63, 3.8) is 0 Å². The summed E-state index contributed by atoms with van der Waals surface area (Å²) in [6, 6.07) is 11.4. The van der Waals surface area contributed by atoms with E-state index in [9.17, 15) is 18.1 Å². The van der Waals surface area contributed by atoms with Crippen molar-refractivity contribution in [3.05, 3.63) is 48.0 Å². The summed E-state index contributed by atoms with van der Waals surface area (Å²) in [5.74, 6) is -0.440. The van der Waals surface area contributed by atoms with Crippen LogP contribution in [0.2, 0.25) is 0 Å². The van der Waals surface area contributed by atoms with Crippen LogP contribution in [0.4, 0.5) is 0 Å². The number of hydrogen-bond acceptors (Lipinski definition) is 4. The molecule has 0 aliphatic heterocycles. The summed E-state index contributed by atoms with van der Waals surface area (Å²) >= 11 is 0. The van der Waals surface area contributed by atoms with Crippen molar-refractivity contribution in [1.82, 2.24) is 0 Å². The van der Waals surface area contributed by atoms with Crippen molar-refractivity contribution in [2.24, 2.45) is 0 Å². The van der Waals surface area contributed by atoms with Crippen molar-refractivity contribution < 1.29 is 74.2 Å². The molecule has 0 unspecified atom stereocenters. The molecule has 2 aromatic carbocycles. The Hall–Kier alpha value is -0.414. The van der Waals surface area contributed by atoms with E-state index >= 15 is 0 Å². The second-order valence-electron chi connectivity index (χ2n) is 5.94. The third-order valence-electron chi connectivity index (χ3n) is 3.93. The van der Waals surface area contributed by atoms with Gasteiger partial charge in [-0.3, -0.25) is 4.55 Å². The fourth-order valence-electron chi connectivity index (χ4n) is 2.66. The predicted octanol–water partition coefficient (Wildman–Crippen LogP) is 1.32. The van der Waals surface area contributed by atoms with E-state index in [4.69, 9.17) is 4.74 Å². The summed E-state index contributed by atoms with van der Waals surface area (Å²) in [6.07, 6.45) is 5.85. The van der Waals surface area contributed by atoms with Gasteiger partial charge in [0.2, 0.25) is 0 Å². The molecule has 0 aliphatic rings. The zero-order valence-corrected chi connectivity index (χ0v) is 19.2. The number of unbranched alkanes of at least 4 members (excludes halogenated alkanes) is 4. The van der Waals surface area contributed by atoms with Crippen molar-refractivity contribution in [3.8, 4) is 17.2 Å². The molecule has 0 saturated heterocycles. The maximum Gasteiger partial charge on any atom is 1.00 e. The van der Waals surface area contributed by atoms with Crippen LogP contribution in [0, 0.1) is 0 Å². The first kappa shape index (κ1) is 23.6. The minimum absolute atomic E-state index is 0. The molecule has 0 atom stereocenters. The van der Waals surface area contributed by atoms with Crippen molar-refractivity contribution in [2.75, 3.05) is 0 Å². The molecule has 136 valence electrons. The molecule has 1 N–H and O–H groups in total. The Balaban J connectivity index is 0.00000338. The summed E-state index contributed by atoms with van der Waals surface area (Å²) < 4.78 is 38.6. The SMILES string of the molecule is CCCCCCCc1ccc([O-])c(S(=O)(=O)O)c1Oc1ccccc1.[K+]. The Morgan fingerprint density at radius 1 is 1.00 bits per heavy atom. The molecule has 0 radical (unpaired) electrons. The standard InChI is InChI=1S/C19H24O5S.K/c1-2-3-4-5-7-10-15-13-14-17(20)19(25(21,22)23)18(15)24-16-11-8-6-9-12-16;/h6,8-9,11-14,20H,2-5,7,10H2,1H3,(H,21,22,23);/q;+1/p-1. The van der Waals surface area contributed by atoms with E-state index < -0.39 is 20.8 Å². The molecule has 0 bridgehead atoms. The third kappa shape index (κ3) is 6.96. The summed E-state index contributed by atoms with van der Waals surface area (Å²) in [4.78, 5) is -0.692. The maximum atomic E-state index is 12.0. The van der Waals surface area contributed by atoms with E-state index in [0.29, 0.717) is 17.7 Å². The van der Waals surface area contributed by atoms with Crippen LogP contribution in [0.5, 0.6) is 17.2 Å². The Kier molecular flexibility index (Phi) is 10.4. The van der Waals surface area contributed by atoms with Gasteiger partial charge >= 0.3 is 51.4 Å². The molecule has 0 saturated carbocycles. The molecule has 0 aromatic heterocycles. The molecule has 26 heavy (non-hydrogen) atoms. The summed E-state index contributed by atoms with van der Waals surface area (Å²) in [5, 5.41) is 12.0. The Bertz CT molecular complexity index is 791. The van der Waals surface area contributed by atoms with E-state index in [1.807, 2.05) is 0 Å². The molecule has 0 aliphatic carbocycles. The van der Waals surface area contributed by atoms with Crippen molar-refractivity contribution in [1.29, 1.82) is 0 Å². The zero-order valence-electron chi connectivity index (χ0n) is 15.3. The number of aryl methyl sites for hydroxylation is 1. The van der Waals surface area contributed by atoms with Crippen molar-refractivity contribution in [2.45, 2.75) is 50.3 Å². The van der Waals surface area contributed by atoms with Gasteiger partial charge in [0.1, 0.15) is 10.6 Å². The van der Waals surface area contributed by atoms with Gasteiger partial charge in [-0.15, -0.1) is 0 Å². The molecule has 2 aromatic rings. The van der Waals surface area contributed by atoms with Crippen LogP contribution in [-0.2, 0) is 16.5 Å². The summed E-state index contributed by atoms with van der Waals surface area (Å²) in [6.45, 7) is 2.14. The first-order valence-electron chi connectivity index (χ1n) is 8.46. The van der Waals surface area contributed by atoms with E-state index in [1.54, 1.807) is 36.4 Å². The van der Waals surface area contributed by atoms with Crippen LogP contribution in [0.15, 0.2) is 47.4 Å². The van der Waals surface area contributed by atoms with Crippen LogP contribution >= 0.6 is 0 Å². The quantitative estimate of drug-likeness (QED) is 0.388. The maximum absolute atomic E-state index is 12.0. The number of rotatable bonds is 9. The minimum atomic E-state index is -4.68.